The van der Waals surface area contributed by atoms with Crippen molar-refractivity contribution in [3.63, 3.8) is 0 Å². The monoisotopic (exact) mass is 269 g/mol. The third-order valence-corrected chi connectivity index (χ3v) is 3.12. The molecule has 2 rings (SSSR count). The van der Waals surface area contributed by atoms with Crippen LogP contribution in [0.15, 0.2) is 11.4 Å². The maximum Gasteiger partial charge on any atom is 0.240 e. The van der Waals surface area contributed by atoms with Crippen LogP contribution in [0, 0.1) is 0 Å². The van der Waals surface area contributed by atoms with Crippen molar-refractivity contribution in [2.24, 2.45) is 5.84 Å². The van der Waals surface area contributed by atoms with Gasteiger partial charge in [0.25, 0.3) is 0 Å². The summed E-state index contributed by atoms with van der Waals surface area (Å²) in [5.41, 5.74) is 2.42. The molecule has 5 N–H and O–H groups in total. The van der Waals surface area contributed by atoms with Gasteiger partial charge in [-0.05, 0) is 11.4 Å². The van der Waals surface area contributed by atoms with Crippen LogP contribution in [0.5, 0.6) is 0 Å². The molecular formula is C10H15N5O2S. The summed E-state index contributed by atoms with van der Waals surface area (Å²) in [5.74, 6) is 6.30. The Morgan fingerprint density at radius 1 is 1.56 bits per heavy atom. The summed E-state index contributed by atoms with van der Waals surface area (Å²) in [6, 6.07) is 1.92. The average molecular weight is 269 g/mol. The molecule has 0 bridgehead atoms. The largest absolute Gasteiger partial charge is 0.389 e. The molecule has 0 radical (unpaired) electrons. The molecule has 2 aromatic heterocycles. The number of rotatable bonds is 6. The quantitative estimate of drug-likeness (QED) is 0.444. The van der Waals surface area contributed by atoms with Gasteiger partial charge in [0.05, 0.1) is 18.1 Å². The predicted molar refractivity (Wildman–Crippen MR) is 71.6 cm³/mol. The zero-order chi connectivity index (χ0) is 13.0. The molecule has 0 aliphatic heterocycles. The average Bonchev–Trinajstić information content (AvgIpc) is 2.84. The summed E-state index contributed by atoms with van der Waals surface area (Å²) in [6.45, 7) is 0.618. The fourth-order valence-corrected chi connectivity index (χ4v) is 2.28. The molecule has 0 saturated carbocycles. The Hall–Kier alpha value is -1.48. The normalized spacial score (nSPS) is 12.6. The molecule has 0 amide bonds. The first-order valence-corrected chi connectivity index (χ1v) is 6.25. The molecule has 0 fully saturated rings. The van der Waals surface area contributed by atoms with Crippen LogP contribution in [-0.4, -0.2) is 41.4 Å². The van der Waals surface area contributed by atoms with Gasteiger partial charge in [-0.25, -0.2) is 10.8 Å². The number of aliphatic hydroxyl groups excluding tert-OH is 1. The van der Waals surface area contributed by atoms with E-state index in [-0.39, 0.29) is 6.61 Å². The molecule has 1 unspecified atom stereocenters. The lowest BCUT2D eigenvalue weighted by molar-refractivity contribution is 0.0727. The molecule has 0 saturated heterocycles. The van der Waals surface area contributed by atoms with Gasteiger partial charge in [0.1, 0.15) is 10.6 Å². The van der Waals surface area contributed by atoms with Gasteiger partial charge < -0.3 is 15.2 Å². The minimum Gasteiger partial charge on any atom is -0.389 e. The molecule has 2 aromatic rings. The molecule has 7 nitrogen and oxygen atoms in total. The standard InChI is InChI=1S/C10H15N5O2S/c1-17-5-6(16)4-12-8-7-2-3-18-9(7)14-10(13-8)15-11/h2-3,6,16H,4-5,11H2,1H3,(H2,12,13,14,15). The first-order valence-electron chi connectivity index (χ1n) is 5.37. The summed E-state index contributed by atoms with van der Waals surface area (Å²) in [6.07, 6.45) is -0.590. The van der Waals surface area contributed by atoms with E-state index in [0.29, 0.717) is 18.3 Å². The molecule has 0 aromatic carbocycles. The minimum absolute atomic E-state index is 0.271. The Morgan fingerprint density at radius 2 is 2.39 bits per heavy atom. The van der Waals surface area contributed by atoms with Crippen LogP contribution in [0.1, 0.15) is 0 Å². The number of aliphatic hydroxyl groups is 1. The fraction of sp³-hybridized carbons (Fsp3) is 0.400. The number of nitrogens with zero attached hydrogens (tertiary/aromatic N) is 2. The Balaban J connectivity index is 2.18. The zero-order valence-electron chi connectivity index (χ0n) is 9.88. The number of anilines is 2. The van der Waals surface area contributed by atoms with Crippen molar-refractivity contribution in [3.05, 3.63) is 11.4 Å². The highest BCUT2D eigenvalue weighted by Gasteiger charge is 2.10. The molecule has 2 heterocycles. The topological polar surface area (TPSA) is 105 Å². The predicted octanol–water partition coefficient (Wildman–Crippen LogP) is 0.396. The molecule has 8 heteroatoms. The maximum absolute atomic E-state index is 9.59. The van der Waals surface area contributed by atoms with E-state index in [1.807, 2.05) is 11.4 Å². The molecule has 18 heavy (non-hydrogen) atoms. The summed E-state index contributed by atoms with van der Waals surface area (Å²) in [7, 11) is 1.54. The van der Waals surface area contributed by atoms with Crippen molar-refractivity contribution < 1.29 is 9.84 Å². The number of fused-ring (bicyclic) bond motifs is 1. The van der Waals surface area contributed by atoms with E-state index in [1.165, 1.54) is 11.3 Å². The number of hydrogen-bond donors (Lipinski definition) is 4. The number of hydrazine groups is 1. The van der Waals surface area contributed by atoms with Gasteiger partial charge in [0.2, 0.25) is 5.95 Å². The number of nitrogen functional groups attached to an aromatic ring is 1. The first kappa shape index (κ1) is 13.0. The second-order valence-electron chi connectivity index (χ2n) is 3.67. The van der Waals surface area contributed by atoms with E-state index in [4.69, 9.17) is 10.6 Å². The van der Waals surface area contributed by atoms with E-state index < -0.39 is 6.10 Å². The van der Waals surface area contributed by atoms with Crippen LogP contribution in [0.25, 0.3) is 10.2 Å². The van der Waals surface area contributed by atoms with E-state index in [1.54, 1.807) is 7.11 Å². The number of hydrogen-bond acceptors (Lipinski definition) is 8. The highest BCUT2D eigenvalue weighted by atomic mass is 32.1. The van der Waals surface area contributed by atoms with E-state index in [9.17, 15) is 5.11 Å². The van der Waals surface area contributed by atoms with Crippen molar-refractivity contribution in [1.82, 2.24) is 9.97 Å². The molecule has 98 valence electrons. The third kappa shape index (κ3) is 2.85. The van der Waals surface area contributed by atoms with E-state index >= 15 is 0 Å². The van der Waals surface area contributed by atoms with Gasteiger partial charge in [-0.2, -0.15) is 4.98 Å². The fourth-order valence-electron chi connectivity index (χ4n) is 1.52. The van der Waals surface area contributed by atoms with Crippen LogP contribution in [-0.2, 0) is 4.74 Å². The third-order valence-electron chi connectivity index (χ3n) is 2.32. The summed E-state index contributed by atoms with van der Waals surface area (Å²) in [5, 5.41) is 15.5. The van der Waals surface area contributed by atoms with Gasteiger partial charge >= 0.3 is 0 Å². The van der Waals surface area contributed by atoms with Crippen molar-refractivity contribution in [2.75, 3.05) is 31.0 Å². The van der Waals surface area contributed by atoms with Gasteiger partial charge in [-0.3, -0.25) is 5.43 Å². The van der Waals surface area contributed by atoms with Gasteiger partial charge in [-0.1, -0.05) is 0 Å². The van der Waals surface area contributed by atoms with Crippen molar-refractivity contribution >= 4 is 33.3 Å². The number of aromatic nitrogens is 2. The number of thiophene rings is 1. The van der Waals surface area contributed by atoms with Crippen LogP contribution < -0.4 is 16.6 Å². The molecule has 1 atom stereocenters. The number of methoxy groups -OCH3 is 1. The number of nitrogens with two attached hydrogens (primary N) is 1. The van der Waals surface area contributed by atoms with Crippen molar-refractivity contribution in [2.45, 2.75) is 6.10 Å². The SMILES string of the molecule is COCC(O)CNc1nc(NN)nc2sccc12. The molecule has 0 aliphatic rings. The van der Waals surface area contributed by atoms with Crippen LogP contribution in [0.4, 0.5) is 11.8 Å². The van der Waals surface area contributed by atoms with Crippen LogP contribution in [0.2, 0.25) is 0 Å². The summed E-state index contributed by atoms with van der Waals surface area (Å²) < 4.78 is 4.86. The molecule has 0 spiro atoms. The zero-order valence-corrected chi connectivity index (χ0v) is 10.7. The highest BCUT2D eigenvalue weighted by Crippen LogP contribution is 2.26. The van der Waals surface area contributed by atoms with Gasteiger partial charge in [0, 0.05) is 13.7 Å². The van der Waals surface area contributed by atoms with Gasteiger partial charge in [0.15, 0.2) is 0 Å². The smallest absolute Gasteiger partial charge is 0.240 e. The van der Waals surface area contributed by atoms with Crippen molar-refractivity contribution in [3.8, 4) is 0 Å². The summed E-state index contributed by atoms with van der Waals surface area (Å²) in [4.78, 5) is 9.28. The lowest BCUT2D eigenvalue weighted by Gasteiger charge is -2.12. The second kappa shape index (κ2) is 5.91. The van der Waals surface area contributed by atoms with Crippen LogP contribution >= 0.6 is 11.3 Å². The molecular weight excluding hydrogens is 254 g/mol. The number of ether oxygens (including phenoxy) is 1. The highest BCUT2D eigenvalue weighted by molar-refractivity contribution is 7.16. The maximum atomic E-state index is 9.59. The van der Waals surface area contributed by atoms with Gasteiger partial charge in [-0.15, -0.1) is 11.3 Å². The Morgan fingerprint density at radius 3 is 3.11 bits per heavy atom. The minimum atomic E-state index is -0.590. The lowest BCUT2D eigenvalue weighted by Crippen LogP contribution is -2.24. The summed E-state index contributed by atoms with van der Waals surface area (Å²) >= 11 is 1.50. The van der Waals surface area contributed by atoms with E-state index in [2.05, 4.69) is 20.7 Å². The first-order chi connectivity index (χ1) is 8.74. The molecule has 0 aliphatic carbocycles. The second-order valence-corrected chi connectivity index (χ2v) is 4.56. The van der Waals surface area contributed by atoms with E-state index in [0.717, 1.165) is 10.2 Å². The van der Waals surface area contributed by atoms with Crippen molar-refractivity contribution in [1.29, 1.82) is 0 Å². The van der Waals surface area contributed by atoms with Crippen LogP contribution in [0.3, 0.4) is 0 Å². The lowest BCUT2D eigenvalue weighted by atomic mass is 10.3. The Bertz CT molecular complexity index is 518. The Kier molecular flexibility index (Phi) is 4.26. The number of nitrogens with one attached hydrogen (secondary N) is 2. The Labute approximate surface area is 108 Å².